The molecule has 398 valence electrons. The number of aliphatic hydroxyl groups excluding tert-OH is 2. The lowest BCUT2D eigenvalue weighted by atomic mass is 9.98. The Kier molecular flexibility index (Phi) is 41.7. The minimum absolute atomic E-state index is 0.0734. The Morgan fingerprint density at radius 1 is 0.479 bits per heavy atom. The zero-order valence-electron chi connectivity index (χ0n) is 43.4. The van der Waals surface area contributed by atoms with E-state index in [-0.39, 0.29) is 25.9 Å². The highest BCUT2D eigenvalue weighted by Gasteiger charge is 2.50. The van der Waals surface area contributed by atoms with Crippen LogP contribution < -0.4 is 0 Å². The summed E-state index contributed by atoms with van der Waals surface area (Å²) < 4.78 is 28.1. The van der Waals surface area contributed by atoms with Crippen molar-refractivity contribution in [1.29, 1.82) is 0 Å². The number of hydrogen-bond donors (Lipinski definition) is 3. The highest BCUT2D eigenvalue weighted by Crippen LogP contribution is 2.26. The van der Waals surface area contributed by atoms with Gasteiger partial charge in [0.2, 0.25) is 0 Å². The van der Waals surface area contributed by atoms with E-state index in [9.17, 15) is 34.5 Å². The van der Waals surface area contributed by atoms with Crippen molar-refractivity contribution in [2.24, 2.45) is 0 Å². The number of rotatable bonds is 42. The van der Waals surface area contributed by atoms with Crippen molar-refractivity contribution in [1.82, 2.24) is 0 Å². The summed E-state index contributed by atoms with van der Waals surface area (Å²) in [6, 6.07) is 0. The van der Waals surface area contributed by atoms with Crippen LogP contribution in [0.25, 0.3) is 0 Å². The van der Waals surface area contributed by atoms with Gasteiger partial charge in [-0.15, -0.1) is 0 Å². The molecule has 0 aromatic carbocycles. The molecule has 0 aromatic heterocycles. The fourth-order valence-corrected chi connectivity index (χ4v) is 6.98. The molecule has 3 N–H and O–H groups in total. The summed E-state index contributed by atoms with van der Waals surface area (Å²) >= 11 is 0. The van der Waals surface area contributed by atoms with Crippen molar-refractivity contribution in [2.75, 3.05) is 13.2 Å². The zero-order valence-corrected chi connectivity index (χ0v) is 43.4. The van der Waals surface area contributed by atoms with Crippen molar-refractivity contribution < 1.29 is 58.2 Å². The molecule has 1 rings (SSSR count). The van der Waals surface area contributed by atoms with E-state index in [4.69, 9.17) is 23.7 Å². The molecule has 0 aromatic rings. The second kappa shape index (κ2) is 46.2. The number of unbranched alkanes of at least 4 members (excludes halogenated alkanes) is 8. The van der Waals surface area contributed by atoms with Gasteiger partial charge in [0.1, 0.15) is 18.8 Å². The fourth-order valence-electron chi connectivity index (χ4n) is 6.98. The maximum Gasteiger partial charge on any atom is 0.335 e. The van der Waals surface area contributed by atoms with Gasteiger partial charge in [-0.3, -0.25) is 14.4 Å². The van der Waals surface area contributed by atoms with Crippen LogP contribution in [0.1, 0.15) is 175 Å². The molecule has 6 unspecified atom stereocenters. The third kappa shape index (κ3) is 36.7. The van der Waals surface area contributed by atoms with Gasteiger partial charge in [0.15, 0.2) is 24.6 Å². The van der Waals surface area contributed by atoms with Gasteiger partial charge in [0, 0.05) is 19.3 Å². The van der Waals surface area contributed by atoms with E-state index in [0.29, 0.717) is 32.1 Å². The van der Waals surface area contributed by atoms with Gasteiger partial charge < -0.3 is 39.0 Å². The van der Waals surface area contributed by atoms with Crippen molar-refractivity contribution >= 4 is 23.9 Å². The predicted molar refractivity (Wildman–Crippen MR) is 284 cm³/mol. The topological polar surface area (TPSA) is 175 Å². The van der Waals surface area contributed by atoms with Gasteiger partial charge in [-0.25, -0.2) is 4.79 Å². The van der Waals surface area contributed by atoms with Crippen LogP contribution in [-0.4, -0.2) is 89.2 Å². The standard InChI is InChI=1S/C59H90O12/c1-4-7-10-13-16-19-22-24-25-26-27-29-31-33-36-39-42-45-51(60)67-48-50(69-52(61)46-43-40-37-34-30-21-18-15-12-9-6-3)49-68-59-57(55(64)54(63)56(71-59)58(65)66)70-53(62)47-44-41-38-35-32-28-23-20-17-14-11-8-5-2/h7-8,10-11,15-20,24-25,27-29,32-33,36,38,41,50,54-57,59,63-64H,4-6,9,12-14,21-23,26,30-31,34-35,37,39-40,42-49H2,1-3H3,(H,65,66)/b10-7-,11-8-,18-15-,19-16-,20-17-,25-24-,29-27-,32-28-,36-33-,41-38-. The highest BCUT2D eigenvalue weighted by atomic mass is 16.7. The summed E-state index contributed by atoms with van der Waals surface area (Å²) in [5.74, 6) is -3.34. The Balaban J connectivity index is 2.81. The molecule has 1 fully saturated rings. The first-order chi connectivity index (χ1) is 34.6. The Bertz CT molecular complexity index is 1700. The van der Waals surface area contributed by atoms with E-state index in [1.807, 2.05) is 30.4 Å². The van der Waals surface area contributed by atoms with Crippen molar-refractivity contribution in [3.63, 3.8) is 0 Å². The number of esters is 3. The third-order valence-electron chi connectivity index (χ3n) is 11.0. The van der Waals surface area contributed by atoms with Crippen molar-refractivity contribution in [3.8, 4) is 0 Å². The normalized spacial score (nSPS) is 19.5. The average Bonchev–Trinajstić information content (AvgIpc) is 3.35. The number of hydrogen-bond acceptors (Lipinski definition) is 11. The molecule has 0 amide bonds. The highest BCUT2D eigenvalue weighted by molar-refractivity contribution is 5.74. The monoisotopic (exact) mass is 991 g/mol. The number of carboxylic acid groups (broad SMARTS) is 1. The molecule has 1 heterocycles. The van der Waals surface area contributed by atoms with Crippen LogP contribution >= 0.6 is 0 Å². The van der Waals surface area contributed by atoms with Crippen LogP contribution in [0.5, 0.6) is 0 Å². The number of carboxylic acids is 1. The molecule has 0 spiro atoms. The van der Waals surface area contributed by atoms with Gasteiger partial charge >= 0.3 is 23.9 Å². The zero-order chi connectivity index (χ0) is 51.8. The Morgan fingerprint density at radius 3 is 1.46 bits per heavy atom. The molecule has 1 aliphatic heterocycles. The summed E-state index contributed by atoms with van der Waals surface area (Å²) in [7, 11) is 0. The van der Waals surface area contributed by atoms with E-state index in [0.717, 1.165) is 89.9 Å². The van der Waals surface area contributed by atoms with Crippen LogP contribution in [0.15, 0.2) is 122 Å². The predicted octanol–water partition coefficient (Wildman–Crippen LogP) is 12.9. The van der Waals surface area contributed by atoms with E-state index >= 15 is 0 Å². The molecular formula is C59H90O12. The third-order valence-corrected chi connectivity index (χ3v) is 11.0. The van der Waals surface area contributed by atoms with E-state index in [1.54, 1.807) is 0 Å². The first-order valence-corrected chi connectivity index (χ1v) is 26.5. The summed E-state index contributed by atoms with van der Waals surface area (Å²) in [6.07, 6.45) is 50.7. The summed E-state index contributed by atoms with van der Waals surface area (Å²) in [5.41, 5.74) is 0. The number of allylic oxidation sites excluding steroid dienone is 20. The molecule has 12 nitrogen and oxygen atoms in total. The molecule has 6 atom stereocenters. The summed E-state index contributed by atoms with van der Waals surface area (Å²) in [6.45, 7) is 5.58. The van der Waals surface area contributed by atoms with Crippen molar-refractivity contribution in [3.05, 3.63) is 122 Å². The van der Waals surface area contributed by atoms with Crippen LogP contribution in [0.3, 0.4) is 0 Å². The number of aliphatic hydroxyl groups is 2. The molecule has 1 saturated heterocycles. The molecule has 71 heavy (non-hydrogen) atoms. The Hall–Kier alpha value is -4.88. The summed E-state index contributed by atoms with van der Waals surface area (Å²) in [5, 5.41) is 31.3. The average molecular weight is 991 g/mol. The molecule has 0 radical (unpaired) electrons. The lowest BCUT2D eigenvalue weighted by Gasteiger charge is -2.40. The van der Waals surface area contributed by atoms with Gasteiger partial charge in [-0.2, -0.15) is 0 Å². The quantitative estimate of drug-likeness (QED) is 0.0229. The minimum Gasteiger partial charge on any atom is -0.479 e. The van der Waals surface area contributed by atoms with Gasteiger partial charge in [0.25, 0.3) is 0 Å². The van der Waals surface area contributed by atoms with Gasteiger partial charge in [-0.05, 0) is 103 Å². The molecular weight excluding hydrogens is 901 g/mol. The van der Waals surface area contributed by atoms with Crippen molar-refractivity contribution in [2.45, 2.75) is 212 Å². The van der Waals surface area contributed by atoms with Gasteiger partial charge in [0.05, 0.1) is 6.61 Å². The van der Waals surface area contributed by atoms with Crippen LogP contribution in [0, 0.1) is 0 Å². The molecule has 1 aliphatic rings. The molecule has 0 saturated carbocycles. The lowest BCUT2D eigenvalue weighted by Crippen LogP contribution is -2.61. The molecule has 0 aliphatic carbocycles. The number of aliphatic carboxylic acids is 1. The van der Waals surface area contributed by atoms with Crippen LogP contribution in [-0.2, 0) is 42.9 Å². The fraction of sp³-hybridized carbons (Fsp3) is 0.593. The van der Waals surface area contributed by atoms with Crippen LogP contribution in [0.4, 0.5) is 0 Å². The summed E-state index contributed by atoms with van der Waals surface area (Å²) in [4.78, 5) is 50.8. The maximum absolute atomic E-state index is 13.1. The van der Waals surface area contributed by atoms with E-state index in [2.05, 4.69) is 112 Å². The lowest BCUT2D eigenvalue weighted by molar-refractivity contribution is -0.301. The van der Waals surface area contributed by atoms with Crippen LogP contribution in [0.2, 0.25) is 0 Å². The SMILES string of the molecule is CC/C=C\C/C=C\C/C=C\C/C=C\C/C=C\CCCC(=O)OCC(COC1OC(C(=O)O)C(O)C(O)C1OC(=O)CC/C=C\C/C=C\C/C=C\C/C=C\CC)OC(=O)CCCCCCC/C=C\CCCC. The van der Waals surface area contributed by atoms with E-state index < -0.39 is 67.3 Å². The second-order valence-corrected chi connectivity index (χ2v) is 17.4. The maximum atomic E-state index is 13.1. The Labute approximate surface area is 427 Å². The first kappa shape index (κ1) is 64.1. The van der Waals surface area contributed by atoms with E-state index in [1.165, 1.54) is 12.8 Å². The Morgan fingerprint density at radius 2 is 0.930 bits per heavy atom. The largest absolute Gasteiger partial charge is 0.479 e. The van der Waals surface area contributed by atoms with Gasteiger partial charge in [-0.1, -0.05) is 174 Å². The molecule has 12 heteroatoms. The second-order valence-electron chi connectivity index (χ2n) is 17.4. The number of carbonyl (C=O) groups is 4. The first-order valence-electron chi connectivity index (χ1n) is 26.5. The molecule has 0 bridgehead atoms. The number of carbonyl (C=O) groups excluding carboxylic acids is 3. The number of ether oxygens (including phenoxy) is 5. The minimum atomic E-state index is -1.94. The smallest absolute Gasteiger partial charge is 0.335 e.